The van der Waals surface area contributed by atoms with Crippen LogP contribution in [0.2, 0.25) is 0 Å². The van der Waals surface area contributed by atoms with Gasteiger partial charge < -0.3 is 10.1 Å². The fraction of sp³-hybridized carbons (Fsp3) is 0.176. The lowest BCUT2D eigenvalue weighted by Crippen LogP contribution is -2.16. The third-order valence-corrected chi connectivity index (χ3v) is 3.06. The molecule has 0 spiro atoms. The summed E-state index contributed by atoms with van der Waals surface area (Å²) in [6.07, 6.45) is 0.00523. The molecule has 0 aliphatic heterocycles. The Balaban J connectivity index is 1.81. The van der Waals surface area contributed by atoms with Gasteiger partial charge >= 0.3 is 0 Å². The van der Waals surface area contributed by atoms with Crippen molar-refractivity contribution in [3.8, 4) is 5.75 Å². The molecule has 1 amide bonds. The summed E-state index contributed by atoms with van der Waals surface area (Å²) in [5.74, 6) is -1.51. The number of carbonyl (C=O) groups is 2. The number of hydrogen-bond donors (Lipinski definition) is 1. The van der Waals surface area contributed by atoms with Crippen LogP contribution in [0.15, 0.2) is 42.5 Å². The Labute approximate surface area is 132 Å². The maximum Gasteiger partial charge on any atom is 0.227 e. The lowest BCUT2D eigenvalue weighted by molar-refractivity contribution is -0.116. The molecular weight excluding hydrogens is 304 g/mol. The number of benzene rings is 2. The Morgan fingerprint density at radius 2 is 1.78 bits per heavy atom. The van der Waals surface area contributed by atoms with Crippen LogP contribution in [0.1, 0.15) is 23.7 Å². The van der Waals surface area contributed by atoms with Crippen LogP contribution in [-0.4, -0.2) is 18.3 Å². The van der Waals surface area contributed by atoms with E-state index < -0.39 is 17.5 Å². The van der Waals surface area contributed by atoms with Crippen molar-refractivity contribution >= 4 is 17.4 Å². The molecule has 120 valence electrons. The van der Waals surface area contributed by atoms with Gasteiger partial charge in [-0.15, -0.1) is 0 Å². The normalized spacial score (nSPS) is 10.2. The van der Waals surface area contributed by atoms with Crippen molar-refractivity contribution in [2.24, 2.45) is 0 Å². The first kappa shape index (κ1) is 16.6. The first-order valence-corrected chi connectivity index (χ1v) is 6.94. The lowest BCUT2D eigenvalue weighted by atomic mass is 10.1. The summed E-state index contributed by atoms with van der Waals surface area (Å²) in [5.41, 5.74) is 0.490. The first-order valence-electron chi connectivity index (χ1n) is 6.94. The van der Waals surface area contributed by atoms with E-state index in [0.717, 1.165) is 12.1 Å². The van der Waals surface area contributed by atoms with Crippen molar-refractivity contribution in [2.75, 3.05) is 11.9 Å². The lowest BCUT2D eigenvalue weighted by Gasteiger charge is -2.08. The predicted molar refractivity (Wildman–Crippen MR) is 81.5 cm³/mol. The monoisotopic (exact) mass is 319 g/mol. The van der Waals surface area contributed by atoms with Gasteiger partial charge in [0.2, 0.25) is 5.91 Å². The number of ketones is 1. The maximum absolute atomic E-state index is 13.4. The van der Waals surface area contributed by atoms with Gasteiger partial charge in [0, 0.05) is 11.6 Å². The highest BCUT2D eigenvalue weighted by molar-refractivity contribution is 5.94. The zero-order valence-electron chi connectivity index (χ0n) is 12.4. The summed E-state index contributed by atoms with van der Waals surface area (Å²) in [6.45, 7) is 1.56. The molecule has 2 aromatic carbocycles. The van der Waals surface area contributed by atoms with Crippen molar-refractivity contribution in [3.05, 3.63) is 59.7 Å². The molecule has 4 nitrogen and oxygen atoms in total. The third-order valence-electron chi connectivity index (χ3n) is 3.06. The number of ether oxygens (including phenoxy) is 1. The number of Topliss-reactive ketones (excluding diaryl/α,β-unsaturated/α-hetero) is 1. The molecular formula is C17H15F2NO3. The minimum absolute atomic E-state index is 0.00523. The Kier molecular flexibility index (Phi) is 5.41. The third kappa shape index (κ3) is 4.88. The molecule has 0 saturated carbocycles. The number of amides is 1. The maximum atomic E-state index is 13.4. The van der Waals surface area contributed by atoms with E-state index in [9.17, 15) is 18.4 Å². The van der Waals surface area contributed by atoms with Crippen molar-refractivity contribution in [2.45, 2.75) is 13.3 Å². The predicted octanol–water partition coefficient (Wildman–Crippen LogP) is 3.58. The molecule has 0 aliphatic carbocycles. The highest BCUT2D eigenvalue weighted by atomic mass is 19.1. The van der Waals surface area contributed by atoms with Gasteiger partial charge in [-0.25, -0.2) is 8.78 Å². The molecule has 0 bridgehead atoms. The quantitative estimate of drug-likeness (QED) is 0.828. The fourth-order valence-electron chi connectivity index (χ4n) is 1.85. The summed E-state index contributed by atoms with van der Waals surface area (Å²) < 4.78 is 31.5. The van der Waals surface area contributed by atoms with E-state index in [1.807, 2.05) is 0 Å². The Morgan fingerprint density at radius 1 is 1.09 bits per heavy atom. The second-order valence-electron chi connectivity index (χ2n) is 4.85. The largest absolute Gasteiger partial charge is 0.493 e. The SMILES string of the molecule is CC(=O)c1ccc(OCCC(=O)Nc2ccc(F)cc2F)cc1. The minimum atomic E-state index is -0.834. The number of rotatable bonds is 6. The molecule has 0 aromatic heterocycles. The van der Waals surface area contributed by atoms with E-state index >= 15 is 0 Å². The van der Waals surface area contributed by atoms with E-state index in [4.69, 9.17) is 4.74 Å². The van der Waals surface area contributed by atoms with Gasteiger partial charge in [0.25, 0.3) is 0 Å². The van der Waals surface area contributed by atoms with Gasteiger partial charge in [-0.05, 0) is 43.3 Å². The van der Waals surface area contributed by atoms with Gasteiger partial charge in [-0.3, -0.25) is 9.59 Å². The highest BCUT2D eigenvalue weighted by Crippen LogP contribution is 2.16. The van der Waals surface area contributed by atoms with Gasteiger partial charge in [-0.1, -0.05) is 0 Å². The second kappa shape index (κ2) is 7.49. The molecule has 0 unspecified atom stereocenters. The molecule has 23 heavy (non-hydrogen) atoms. The van der Waals surface area contributed by atoms with E-state index in [2.05, 4.69) is 5.32 Å². The Hall–Kier alpha value is -2.76. The average Bonchev–Trinajstić information content (AvgIpc) is 2.50. The highest BCUT2D eigenvalue weighted by Gasteiger charge is 2.08. The summed E-state index contributed by atoms with van der Waals surface area (Å²) in [5, 5.41) is 2.34. The topological polar surface area (TPSA) is 55.4 Å². The second-order valence-corrected chi connectivity index (χ2v) is 4.85. The van der Waals surface area contributed by atoms with Gasteiger partial charge in [-0.2, -0.15) is 0 Å². The Bertz CT molecular complexity index is 714. The van der Waals surface area contributed by atoms with E-state index in [0.29, 0.717) is 17.4 Å². The first-order chi connectivity index (χ1) is 11.0. The van der Waals surface area contributed by atoms with Crippen LogP contribution in [0.3, 0.4) is 0 Å². The Morgan fingerprint density at radius 3 is 2.39 bits per heavy atom. The van der Waals surface area contributed by atoms with Crippen molar-refractivity contribution in [1.82, 2.24) is 0 Å². The fourth-order valence-corrected chi connectivity index (χ4v) is 1.85. The summed E-state index contributed by atoms with van der Waals surface area (Å²) in [6, 6.07) is 9.44. The van der Waals surface area contributed by atoms with Crippen molar-refractivity contribution in [1.29, 1.82) is 0 Å². The van der Waals surface area contributed by atoms with Gasteiger partial charge in [0.15, 0.2) is 5.78 Å². The molecule has 0 atom stereocenters. The van der Waals surface area contributed by atoms with E-state index in [1.54, 1.807) is 24.3 Å². The zero-order chi connectivity index (χ0) is 16.8. The van der Waals surface area contributed by atoms with Crippen LogP contribution in [0.4, 0.5) is 14.5 Å². The average molecular weight is 319 g/mol. The van der Waals surface area contributed by atoms with Crippen LogP contribution in [0, 0.1) is 11.6 Å². The van der Waals surface area contributed by atoms with Crippen molar-refractivity contribution < 1.29 is 23.1 Å². The van der Waals surface area contributed by atoms with Crippen LogP contribution in [-0.2, 0) is 4.79 Å². The van der Waals surface area contributed by atoms with Gasteiger partial charge in [0.05, 0.1) is 18.7 Å². The molecule has 0 saturated heterocycles. The van der Waals surface area contributed by atoms with Crippen LogP contribution in [0.5, 0.6) is 5.75 Å². The number of anilines is 1. The van der Waals surface area contributed by atoms with Gasteiger partial charge in [0.1, 0.15) is 17.4 Å². The minimum Gasteiger partial charge on any atom is -0.493 e. The van der Waals surface area contributed by atoms with Crippen LogP contribution < -0.4 is 10.1 Å². The molecule has 0 fully saturated rings. The standard InChI is InChI=1S/C17H15F2NO3/c1-11(21)12-2-5-14(6-3-12)23-9-8-17(22)20-16-7-4-13(18)10-15(16)19/h2-7,10H,8-9H2,1H3,(H,20,22). The number of halogens is 2. The molecule has 1 N–H and O–H groups in total. The van der Waals surface area contributed by atoms with Crippen molar-refractivity contribution in [3.63, 3.8) is 0 Å². The summed E-state index contributed by atoms with van der Waals surface area (Å²) >= 11 is 0. The van der Waals surface area contributed by atoms with Crippen LogP contribution in [0.25, 0.3) is 0 Å². The number of hydrogen-bond acceptors (Lipinski definition) is 3. The smallest absolute Gasteiger partial charge is 0.227 e. The summed E-state index contributed by atoms with van der Waals surface area (Å²) in [7, 11) is 0. The number of nitrogens with one attached hydrogen (secondary N) is 1. The molecule has 0 aliphatic rings. The molecule has 0 radical (unpaired) electrons. The zero-order valence-corrected chi connectivity index (χ0v) is 12.4. The van der Waals surface area contributed by atoms with E-state index in [1.165, 1.54) is 6.92 Å². The molecule has 2 rings (SSSR count). The number of carbonyl (C=O) groups excluding carboxylic acids is 2. The molecule has 2 aromatic rings. The molecule has 0 heterocycles. The van der Waals surface area contributed by atoms with Crippen LogP contribution >= 0.6 is 0 Å². The molecule has 6 heteroatoms. The summed E-state index contributed by atoms with van der Waals surface area (Å²) in [4.78, 5) is 22.8. The van der Waals surface area contributed by atoms with E-state index in [-0.39, 0.29) is 24.5 Å².